The predicted molar refractivity (Wildman–Crippen MR) is 103 cm³/mol. The lowest BCUT2D eigenvalue weighted by Crippen LogP contribution is -2.42. The Morgan fingerprint density at radius 3 is 3.00 bits per heavy atom. The molecule has 0 unspecified atom stereocenters. The summed E-state index contributed by atoms with van der Waals surface area (Å²) in [5, 5.41) is 3.14. The van der Waals surface area contributed by atoms with E-state index in [0.717, 1.165) is 43.3 Å². The van der Waals surface area contributed by atoms with Gasteiger partial charge >= 0.3 is 0 Å². The Morgan fingerprint density at radius 1 is 1.39 bits per heavy atom. The van der Waals surface area contributed by atoms with Crippen molar-refractivity contribution < 1.29 is 9.53 Å². The van der Waals surface area contributed by atoms with E-state index in [1.54, 1.807) is 10.9 Å². The second-order valence-electron chi connectivity index (χ2n) is 8.41. The maximum atomic E-state index is 12.7. The van der Waals surface area contributed by atoms with Gasteiger partial charge in [0.15, 0.2) is 0 Å². The molecule has 0 aliphatic carbocycles. The first-order valence-electron chi connectivity index (χ1n) is 9.95. The first kappa shape index (κ1) is 17.6. The van der Waals surface area contributed by atoms with Gasteiger partial charge in [0.2, 0.25) is 5.95 Å². The van der Waals surface area contributed by atoms with Gasteiger partial charge in [-0.05, 0) is 32.8 Å². The number of aryl methyl sites for hydroxylation is 3. The van der Waals surface area contributed by atoms with Crippen molar-refractivity contribution in [2.45, 2.75) is 38.4 Å². The molecule has 2 aromatic rings. The fraction of sp³-hybridized carbons (Fsp3) is 0.600. The van der Waals surface area contributed by atoms with Crippen LogP contribution in [-0.2, 0) is 11.8 Å². The van der Waals surface area contributed by atoms with Gasteiger partial charge in [0.25, 0.3) is 5.91 Å². The molecular formula is C20H26N6O2. The summed E-state index contributed by atoms with van der Waals surface area (Å²) in [6, 6.07) is 1.92. The van der Waals surface area contributed by atoms with Crippen molar-refractivity contribution in [3.8, 4) is 0 Å². The van der Waals surface area contributed by atoms with Crippen LogP contribution in [0.3, 0.4) is 0 Å². The zero-order chi connectivity index (χ0) is 19.5. The Balaban J connectivity index is 1.31. The van der Waals surface area contributed by atoms with Crippen molar-refractivity contribution in [3.63, 3.8) is 0 Å². The first-order chi connectivity index (χ1) is 13.5. The monoisotopic (exact) mass is 382 g/mol. The molecule has 0 aromatic carbocycles. The Hall–Kier alpha value is -2.48. The summed E-state index contributed by atoms with van der Waals surface area (Å²) in [5.41, 5.74) is 2.24. The van der Waals surface area contributed by atoms with Gasteiger partial charge in [-0.3, -0.25) is 4.79 Å². The van der Waals surface area contributed by atoms with Gasteiger partial charge in [0, 0.05) is 43.9 Å². The summed E-state index contributed by atoms with van der Waals surface area (Å²) in [5.74, 6) is 1.43. The zero-order valence-electron chi connectivity index (χ0n) is 16.6. The van der Waals surface area contributed by atoms with Gasteiger partial charge < -0.3 is 19.5 Å². The molecule has 4 atom stereocenters. The molecule has 28 heavy (non-hydrogen) atoms. The van der Waals surface area contributed by atoms with Crippen LogP contribution in [-0.4, -0.2) is 56.8 Å². The lowest BCUT2D eigenvalue weighted by molar-refractivity contribution is 0.0141. The molecule has 2 bridgehead atoms. The minimum absolute atomic E-state index is 0.0637. The van der Waals surface area contributed by atoms with Crippen molar-refractivity contribution in [2.24, 2.45) is 18.9 Å². The van der Waals surface area contributed by atoms with Crippen molar-refractivity contribution in [1.29, 1.82) is 0 Å². The van der Waals surface area contributed by atoms with E-state index in [1.165, 1.54) is 0 Å². The average Bonchev–Trinajstić information content (AvgIpc) is 3.39. The molecule has 0 radical (unpaired) electrons. The summed E-state index contributed by atoms with van der Waals surface area (Å²) in [7, 11) is 1.85. The number of hydrogen-bond acceptors (Lipinski definition) is 6. The van der Waals surface area contributed by atoms with E-state index in [2.05, 4.69) is 25.2 Å². The van der Waals surface area contributed by atoms with Crippen molar-refractivity contribution >= 4 is 11.9 Å². The Kier molecular flexibility index (Phi) is 3.94. The molecule has 148 valence electrons. The van der Waals surface area contributed by atoms with Gasteiger partial charge in [-0.2, -0.15) is 0 Å². The summed E-state index contributed by atoms with van der Waals surface area (Å²) in [4.78, 5) is 28.2. The number of anilines is 1. The van der Waals surface area contributed by atoms with Crippen LogP contribution in [0.2, 0.25) is 0 Å². The standard InChI is InChI=1S/C20H26N6O2/c1-12-5-7-21-19(24-12)26-9-15-14(16-4-6-20(15,10-26)28-16)8-22-18(27)17-13(2)23-11-25(17)3/h5,7,11,14-16H,4,6,8-10H2,1-3H3,(H,22,27)/t14-,15+,16+,20+/m0/s1. The third-order valence-corrected chi connectivity index (χ3v) is 6.68. The van der Waals surface area contributed by atoms with E-state index in [-0.39, 0.29) is 17.6 Å². The predicted octanol–water partition coefficient (Wildman–Crippen LogP) is 1.24. The number of hydrogen-bond donors (Lipinski definition) is 1. The molecule has 2 aromatic heterocycles. The molecule has 3 aliphatic heterocycles. The minimum atomic E-state index is -0.115. The van der Waals surface area contributed by atoms with E-state index in [1.807, 2.05) is 33.2 Å². The van der Waals surface area contributed by atoms with Crippen molar-refractivity contribution in [1.82, 2.24) is 24.8 Å². The number of aromatic nitrogens is 4. The number of carbonyl (C=O) groups is 1. The second kappa shape index (κ2) is 6.27. The van der Waals surface area contributed by atoms with Gasteiger partial charge in [-0.15, -0.1) is 0 Å². The molecule has 8 heteroatoms. The summed E-state index contributed by atoms with van der Waals surface area (Å²) in [6.07, 6.45) is 5.87. The molecule has 0 saturated carbocycles. The summed E-state index contributed by atoms with van der Waals surface area (Å²) < 4.78 is 8.26. The number of rotatable bonds is 4. The summed E-state index contributed by atoms with van der Waals surface area (Å²) in [6.45, 7) is 6.19. The molecular weight excluding hydrogens is 356 g/mol. The third kappa shape index (κ3) is 2.62. The van der Waals surface area contributed by atoms with Gasteiger partial charge in [-0.25, -0.2) is 15.0 Å². The number of imidazole rings is 1. The number of fused-ring (bicyclic) bond motifs is 1. The second-order valence-corrected chi connectivity index (χ2v) is 8.41. The maximum Gasteiger partial charge on any atom is 0.269 e. The first-order valence-corrected chi connectivity index (χ1v) is 9.95. The quantitative estimate of drug-likeness (QED) is 0.856. The van der Waals surface area contributed by atoms with Crippen LogP contribution < -0.4 is 10.2 Å². The number of nitrogens with one attached hydrogen (secondary N) is 1. The lowest BCUT2D eigenvalue weighted by atomic mass is 9.73. The van der Waals surface area contributed by atoms with Gasteiger partial charge in [0.1, 0.15) is 5.69 Å². The van der Waals surface area contributed by atoms with Gasteiger partial charge in [0.05, 0.1) is 30.3 Å². The molecule has 1 spiro atoms. The van der Waals surface area contributed by atoms with Crippen LogP contribution in [0.1, 0.15) is 34.7 Å². The summed E-state index contributed by atoms with van der Waals surface area (Å²) >= 11 is 0. The van der Waals surface area contributed by atoms with Crippen molar-refractivity contribution in [2.75, 3.05) is 24.5 Å². The number of nitrogens with zero attached hydrogens (tertiary/aromatic N) is 5. The van der Waals surface area contributed by atoms with Crippen LogP contribution in [0.15, 0.2) is 18.6 Å². The maximum absolute atomic E-state index is 12.7. The van der Waals surface area contributed by atoms with Crippen LogP contribution in [0, 0.1) is 25.7 Å². The molecule has 1 amide bonds. The minimum Gasteiger partial charge on any atom is -0.369 e. The van der Waals surface area contributed by atoms with E-state index in [0.29, 0.717) is 24.1 Å². The molecule has 8 nitrogen and oxygen atoms in total. The Morgan fingerprint density at radius 2 is 2.25 bits per heavy atom. The highest BCUT2D eigenvalue weighted by Gasteiger charge is 2.63. The van der Waals surface area contributed by atoms with Crippen molar-refractivity contribution in [3.05, 3.63) is 35.7 Å². The lowest BCUT2D eigenvalue weighted by Gasteiger charge is -2.29. The van der Waals surface area contributed by atoms with E-state index in [9.17, 15) is 4.79 Å². The highest BCUT2D eigenvalue weighted by Crippen LogP contribution is 2.54. The molecule has 1 N–H and O–H groups in total. The highest BCUT2D eigenvalue weighted by atomic mass is 16.5. The molecule has 3 saturated heterocycles. The average molecular weight is 382 g/mol. The van der Waals surface area contributed by atoms with Crippen LogP contribution in [0.25, 0.3) is 0 Å². The fourth-order valence-electron chi connectivity index (χ4n) is 5.37. The Bertz CT molecular complexity index is 908. The normalized spacial score (nSPS) is 30.7. The third-order valence-electron chi connectivity index (χ3n) is 6.68. The number of ether oxygens (including phenoxy) is 1. The van der Waals surface area contributed by atoms with Crippen LogP contribution >= 0.6 is 0 Å². The van der Waals surface area contributed by atoms with Gasteiger partial charge in [-0.1, -0.05) is 0 Å². The smallest absolute Gasteiger partial charge is 0.269 e. The molecule has 5 heterocycles. The Labute approximate surface area is 164 Å². The van der Waals surface area contributed by atoms with E-state index in [4.69, 9.17) is 4.74 Å². The van der Waals surface area contributed by atoms with Crippen LogP contribution in [0.4, 0.5) is 5.95 Å². The van der Waals surface area contributed by atoms with E-state index < -0.39 is 0 Å². The van der Waals surface area contributed by atoms with E-state index >= 15 is 0 Å². The largest absolute Gasteiger partial charge is 0.369 e. The SMILES string of the molecule is Cc1ccnc(N2C[C@@H]3[C@H](CNC(=O)c4c(C)ncn4C)[C@H]4CC[C@]3(C2)O4)n1. The van der Waals surface area contributed by atoms with Crippen LogP contribution in [0.5, 0.6) is 0 Å². The topological polar surface area (TPSA) is 85.2 Å². The fourth-order valence-corrected chi connectivity index (χ4v) is 5.37. The molecule has 5 rings (SSSR count). The molecule has 3 fully saturated rings. The molecule has 3 aliphatic rings. The number of carbonyl (C=O) groups excluding carboxylic acids is 1. The zero-order valence-corrected chi connectivity index (χ0v) is 16.6. The number of amides is 1. The highest BCUT2D eigenvalue weighted by molar-refractivity contribution is 5.93.